The van der Waals surface area contributed by atoms with Crippen molar-refractivity contribution in [1.82, 2.24) is 19.4 Å². The first-order valence-electron chi connectivity index (χ1n) is 10.0. The number of imidazole rings is 1. The van der Waals surface area contributed by atoms with Crippen molar-refractivity contribution in [1.29, 1.82) is 0 Å². The third-order valence-electron chi connectivity index (χ3n) is 5.61. The Labute approximate surface area is 173 Å². The molecule has 8 heteroatoms. The molecule has 0 radical (unpaired) electrons. The van der Waals surface area contributed by atoms with Crippen LogP contribution in [-0.2, 0) is 34.1 Å². The molecule has 1 atom stereocenters. The Bertz CT molecular complexity index is 954. The number of piperazine rings is 1. The molecule has 0 saturated carbocycles. The van der Waals surface area contributed by atoms with Gasteiger partial charge in [-0.15, -0.1) is 0 Å². The van der Waals surface area contributed by atoms with Gasteiger partial charge < -0.3 is 9.47 Å². The van der Waals surface area contributed by atoms with E-state index in [4.69, 9.17) is 0 Å². The van der Waals surface area contributed by atoms with Crippen LogP contribution in [0.3, 0.4) is 0 Å². The lowest BCUT2D eigenvalue weighted by Gasteiger charge is -2.37. The highest BCUT2D eigenvalue weighted by atomic mass is 32.2. The molecule has 3 rings (SSSR count). The van der Waals surface area contributed by atoms with Gasteiger partial charge in [-0.3, -0.25) is 9.69 Å². The number of amides is 1. The molecule has 2 heterocycles. The van der Waals surface area contributed by atoms with Gasteiger partial charge in [0.05, 0.1) is 23.2 Å². The Balaban J connectivity index is 1.90. The summed E-state index contributed by atoms with van der Waals surface area (Å²) in [5.41, 5.74) is 1.97. The molecule has 1 saturated heterocycles. The number of aryl methyl sites for hydroxylation is 1. The van der Waals surface area contributed by atoms with Crippen molar-refractivity contribution >= 4 is 15.7 Å². The van der Waals surface area contributed by atoms with E-state index < -0.39 is 15.1 Å². The Kier molecular flexibility index (Phi) is 6.43. The van der Waals surface area contributed by atoms with Crippen LogP contribution in [0.1, 0.15) is 32.0 Å². The van der Waals surface area contributed by atoms with Crippen LogP contribution in [0.25, 0.3) is 0 Å². The van der Waals surface area contributed by atoms with Gasteiger partial charge >= 0.3 is 0 Å². The smallest absolute Gasteiger partial charge is 0.239 e. The van der Waals surface area contributed by atoms with E-state index in [0.717, 1.165) is 17.8 Å². The number of carbonyl (C=O) groups excluding carboxylic acids is 1. The summed E-state index contributed by atoms with van der Waals surface area (Å²) < 4.78 is 27.6. The fourth-order valence-corrected chi connectivity index (χ4v) is 4.70. The average molecular weight is 419 g/mol. The minimum absolute atomic E-state index is 0.0848. The van der Waals surface area contributed by atoms with Crippen molar-refractivity contribution in [2.24, 2.45) is 0 Å². The maximum atomic E-state index is 12.9. The maximum absolute atomic E-state index is 12.9. The molecule has 7 nitrogen and oxygen atoms in total. The summed E-state index contributed by atoms with van der Waals surface area (Å²) >= 11 is 0. The van der Waals surface area contributed by atoms with Crippen molar-refractivity contribution in [2.45, 2.75) is 56.7 Å². The second-order valence-electron chi connectivity index (χ2n) is 7.92. The number of aromatic nitrogens is 2. The van der Waals surface area contributed by atoms with E-state index in [1.807, 2.05) is 48.9 Å². The van der Waals surface area contributed by atoms with Gasteiger partial charge in [-0.2, -0.15) is 0 Å². The van der Waals surface area contributed by atoms with E-state index in [1.165, 1.54) is 0 Å². The van der Waals surface area contributed by atoms with Crippen LogP contribution in [0.2, 0.25) is 0 Å². The van der Waals surface area contributed by atoms with Gasteiger partial charge in [-0.05, 0) is 32.8 Å². The van der Waals surface area contributed by atoms with E-state index in [9.17, 15) is 13.2 Å². The summed E-state index contributed by atoms with van der Waals surface area (Å²) in [7, 11) is -1.69. The van der Waals surface area contributed by atoms with E-state index in [1.54, 1.807) is 24.9 Å². The van der Waals surface area contributed by atoms with Crippen molar-refractivity contribution in [3.05, 3.63) is 47.8 Å². The van der Waals surface area contributed by atoms with Gasteiger partial charge in [0, 0.05) is 33.2 Å². The summed E-state index contributed by atoms with van der Waals surface area (Å²) in [6.07, 6.45) is 2.36. The fraction of sp³-hybridized carbons (Fsp3) is 0.524. The van der Waals surface area contributed by atoms with E-state index in [0.29, 0.717) is 26.1 Å². The quantitative estimate of drug-likeness (QED) is 0.687. The molecule has 0 unspecified atom stereocenters. The zero-order valence-electron chi connectivity index (χ0n) is 17.6. The Hall–Kier alpha value is -2.19. The summed E-state index contributed by atoms with van der Waals surface area (Å²) in [5, 5.41) is -0.427. The minimum atomic E-state index is -3.51. The molecule has 1 amide bonds. The number of hydrogen-bond donors (Lipinski definition) is 0. The fourth-order valence-electron chi connectivity index (χ4n) is 3.56. The molecule has 158 valence electrons. The Morgan fingerprint density at radius 1 is 1.17 bits per heavy atom. The largest absolute Gasteiger partial charge is 0.343 e. The van der Waals surface area contributed by atoms with Crippen LogP contribution >= 0.6 is 0 Å². The lowest BCUT2D eigenvalue weighted by molar-refractivity contribution is -0.139. The van der Waals surface area contributed by atoms with E-state index in [-0.39, 0.29) is 17.1 Å². The normalized spacial score (nSPS) is 18.6. The highest BCUT2D eigenvalue weighted by Gasteiger charge is 2.32. The van der Waals surface area contributed by atoms with Crippen molar-refractivity contribution in [3.63, 3.8) is 0 Å². The molecule has 29 heavy (non-hydrogen) atoms. The second kappa shape index (κ2) is 8.67. The highest BCUT2D eigenvalue weighted by molar-refractivity contribution is 7.91. The summed E-state index contributed by atoms with van der Waals surface area (Å²) in [4.78, 5) is 20.5. The Morgan fingerprint density at radius 2 is 1.86 bits per heavy atom. The zero-order valence-corrected chi connectivity index (χ0v) is 18.4. The van der Waals surface area contributed by atoms with Crippen LogP contribution < -0.4 is 0 Å². The molecule has 0 aliphatic carbocycles. The topological polar surface area (TPSA) is 75.5 Å². The van der Waals surface area contributed by atoms with Crippen LogP contribution in [0.4, 0.5) is 0 Å². The molecule has 2 aromatic rings. The standard InChI is InChI=1S/C21H30N4O3S/c1-16(2)29(27,28)21-22-14-19(15-24-13-12-23(4)20(26)17(24)3)25(21)11-10-18-8-6-5-7-9-18/h5-9,14,16-17H,10-13,15H2,1-4H3/t17-/m0/s1. The summed E-state index contributed by atoms with van der Waals surface area (Å²) in [6.45, 7) is 7.68. The summed E-state index contributed by atoms with van der Waals surface area (Å²) in [6, 6.07) is 9.76. The molecule has 0 bridgehead atoms. The maximum Gasteiger partial charge on any atom is 0.239 e. The number of benzene rings is 1. The second-order valence-corrected chi connectivity index (χ2v) is 10.3. The van der Waals surface area contributed by atoms with Crippen molar-refractivity contribution in [3.8, 4) is 0 Å². The SMILES string of the molecule is CC(C)S(=O)(=O)c1ncc(CN2CCN(C)C(=O)[C@@H]2C)n1CCc1ccccc1. The Morgan fingerprint density at radius 3 is 2.52 bits per heavy atom. The van der Waals surface area contributed by atoms with Crippen molar-refractivity contribution in [2.75, 3.05) is 20.1 Å². The third kappa shape index (κ3) is 4.53. The first-order chi connectivity index (χ1) is 13.7. The zero-order chi connectivity index (χ0) is 21.2. The van der Waals surface area contributed by atoms with Crippen LogP contribution in [0.15, 0.2) is 41.7 Å². The molecule has 1 aliphatic rings. The highest BCUT2D eigenvalue weighted by Crippen LogP contribution is 2.21. The number of hydrogen-bond acceptors (Lipinski definition) is 5. The predicted octanol–water partition coefficient (Wildman–Crippen LogP) is 1.97. The first-order valence-corrected chi connectivity index (χ1v) is 11.6. The van der Waals surface area contributed by atoms with Crippen molar-refractivity contribution < 1.29 is 13.2 Å². The third-order valence-corrected chi connectivity index (χ3v) is 7.69. The number of carbonyl (C=O) groups is 1. The van der Waals surface area contributed by atoms with Crippen LogP contribution in [-0.4, -0.2) is 65.1 Å². The predicted molar refractivity (Wildman–Crippen MR) is 112 cm³/mol. The van der Waals surface area contributed by atoms with Gasteiger partial charge in [-0.1, -0.05) is 30.3 Å². The summed E-state index contributed by atoms with van der Waals surface area (Å²) in [5.74, 6) is 0.0848. The molecule has 1 aromatic carbocycles. The molecular formula is C21H30N4O3S. The van der Waals surface area contributed by atoms with Crippen LogP contribution in [0.5, 0.6) is 0 Å². The lowest BCUT2D eigenvalue weighted by atomic mass is 10.1. The molecule has 0 spiro atoms. The van der Waals surface area contributed by atoms with Gasteiger partial charge in [-0.25, -0.2) is 13.4 Å². The van der Waals surface area contributed by atoms with E-state index in [2.05, 4.69) is 9.88 Å². The number of sulfone groups is 1. The van der Waals surface area contributed by atoms with Crippen LogP contribution in [0, 0.1) is 0 Å². The molecule has 1 fully saturated rings. The van der Waals surface area contributed by atoms with Gasteiger partial charge in [0.15, 0.2) is 0 Å². The number of rotatable bonds is 7. The molecular weight excluding hydrogens is 388 g/mol. The first kappa shape index (κ1) is 21.5. The number of nitrogens with zero attached hydrogens (tertiary/aromatic N) is 4. The molecule has 1 aromatic heterocycles. The monoisotopic (exact) mass is 418 g/mol. The van der Waals surface area contributed by atoms with Gasteiger partial charge in [0.25, 0.3) is 0 Å². The average Bonchev–Trinajstić information content (AvgIpc) is 3.10. The minimum Gasteiger partial charge on any atom is -0.343 e. The van der Waals surface area contributed by atoms with Gasteiger partial charge in [0.2, 0.25) is 20.9 Å². The van der Waals surface area contributed by atoms with Gasteiger partial charge in [0.1, 0.15) is 0 Å². The number of likely N-dealkylation sites (N-methyl/N-ethyl adjacent to an activating group) is 1. The molecule has 1 aliphatic heterocycles. The molecule has 0 N–H and O–H groups in total. The lowest BCUT2D eigenvalue weighted by Crippen LogP contribution is -2.54. The van der Waals surface area contributed by atoms with E-state index >= 15 is 0 Å².